The summed E-state index contributed by atoms with van der Waals surface area (Å²) in [4.78, 5) is 37.2. The summed E-state index contributed by atoms with van der Waals surface area (Å²) in [5.74, 6) is -0.629. The number of hydrogen-bond acceptors (Lipinski definition) is 4. The third kappa shape index (κ3) is 5.10. The molecule has 0 bridgehead atoms. The molecule has 0 fully saturated rings. The number of carbonyl (C=O) groups is 1. The van der Waals surface area contributed by atoms with Crippen LogP contribution in [0.15, 0.2) is 39.9 Å². The van der Waals surface area contributed by atoms with Crippen LogP contribution in [0.5, 0.6) is 0 Å². The first kappa shape index (κ1) is 20.5. The van der Waals surface area contributed by atoms with Gasteiger partial charge in [-0.1, -0.05) is 11.6 Å². The minimum absolute atomic E-state index is 0.0174. The Balaban J connectivity index is 2.47. The van der Waals surface area contributed by atoms with Crippen molar-refractivity contribution in [2.24, 2.45) is 0 Å². The molecule has 0 spiro atoms. The SMILES string of the molecule is CC(C)OC(=O)C=Cc1cc(-n2c(=O)cc(C(F)(F)F)[nH]c2=O)ccc1Cl. The Bertz CT molecular complexity index is 975. The van der Waals surface area contributed by atoms with Gasteiger partial charge in [0.05, 0.1) is 11.8 Å². The normalized spacial score (nSPS) is 12.0. The van der Waals surface area contributed by atoms with E-state index in [4.69, 9.17) is 16.3 Å². The van der Waals surface area contributed by atoms with Gasteiger partial charge >= 0.3 is 17.8 Å². The zero-order valence-electron chi connectivity index (χ0n) is 14.1. The van der Waals surface area contributed by atoms with Gasteiger partial charge in [-0.05, 0) is 43.7 Å². The zero-order valence-corrected chi connectivity index (χ0v) is 14.9. The molecule has 27 heavy (non-hydrogen) atoms. The van der Waals surface area contributed by atoms with Gasteiger partial charge in [0.2, 0.25) is 0 Å². The van der Waals surface area contributed by atoms with E-state index in [-0.39, 0.29) is 28.4 Å². The second kappa shape index (κ2) is 7.83. The highest BCUT2D eigenvalue weighted by Crippen LogP contribution is 2.26. The molecule has 0 atom stereocenters. The largest absolute Gasteiger partial charge is 0.460 e. The van der Waals surface area contributed by atoms with Crippen molar-refractivity contribution >= 4 is 23.6 Å². The van der Waals surface area contributed by atoms with E-state index < -0.39 is 29.1 Å². The molecule has 0 saturated carbocycles. The highest BCUT2D eigenvalue weighted by atomic mass is 35.5. The van der Waals surface area contributed by atoms with Gasteiger partial charge in [0.1, 0.15) is 5.69 Å². The van der Waals surface area contributed by atoms with E-state index in [1.54, 1.807) is 18.8 Å². The standard InChI is InChI=1S/C17H14ClF3N2O4/c1-9(2)27-15(25)6-3-10-7-11(4-5-12(10)18)23-14(24)8-13(17(19,20)21)22-16(23)26/h3-9H,1-2H3,(H,22,26). The van der Waals surface area contributed by atoms with Gasteiger partial charge in [0, 0.05) is 17.2 Å². The van der Waals surface area contributed by atoms with Gasteiger partial charge in [-0.3, -0.25) is 4.79 Å². The zero-order chi connectivity index (χ0) is 20.4. The fourth-order valence-corrected chi connectivity index (χ4v) is 2.30. The van der Waals surface area contributed by atoms with Crippen molar-refractivity contribution in [2.75, 3.05) is 0 Å². The van der Waals surface area contributed by atoms with Crippen LogP contribution in [0.25, 0.3) is 11.8 Å². The lowest BCUT2D eigenvalue weighted by atomic mass is 10.2. The summed E-state index contributed by atoms with van der Waals surface area (Å²) in [6.07, 6.45) is -2.78. The number of esters is 1. The molecule has 0 amide bonds. The Kier molecular flexibility index (Phi) is 5.94. The number of nitrogens with one attached hydrogen (secondary N) is 1. The van der Waals surface area contributed by atoms with Crippen LogP contribution in [-0.2, 0) is 15.7 Å². The number of nitrogens with zero attached hydrogens (tertiary/aromatic N) is 1. The molecule has 10 heteroatoms. The fourth-order valence-electron chi connectivity index (χ4n) is 2.12. The van der Waals surface area contributed by atoms with Crippen LogP contribution >= 0.6 is 11.6 Å². The van der Waals surface area contributed by atoms with Crippen LogP contribution in [0.1, 0.15) is 25.1 Å². The lowest BCUT2D eigenvalue weighted by molar-refractivity contribution is -0.142. The van der Waals surface area contributed by atoms with Gasteiger partial charge in [-0.2, -0.15) is 13.2 Å². The summed E-state index contributed by atoms with van der Waals surface area (Å²) in [7, 11) is 0. The Morgan fingerprint density at radius 3 is 2.48 bits per heavy atom. The number of halogens is 4. The van der Waals surface area contributed by atoms with Crippen LogP contribution in [0.4, 0.5) is 13.2 Å². The maximum absolute atomic E-state index is 12.7. The maximum Gasteiger partial charge on any atom is 0.431 e. The van der Waals surface area contributed by atoms with Crippen molar-refractivity contribution in [3.05, 3.63) is 67.5 Å². The summed E-state index contributed by atoms with van der Waals surface area (Å²) in [6.45, 7) is 3.34. The number of rotatable bonds is 4. The molecule has 0 aliphatic rings. The first-order chi connectivity index (χ1) is 12.5. The molecule has 0 radical (unpaired) electrons. The number of alkyl halides is 3. The number of benzene rings is 1. The van der Waals surface area contributed by atoms with Crippen LogP contribution in [0.2, 0.25) is 5.02 Å². The van der Waals surface area contributed by atoms with E-state index in [2.05, 4.69) is 0 Å². The van der Waals surface area contributed by atoms with Crippen LogP contribution in [-0.4, -0.2) is 21.6 Å². The third-order valence-electron chi connectivity index (χ3n) is 3.23. The highest BCUT2D eigenvalue weighted by molar-refractivity contribution is 6.32. The fraction of sp³-hybridized carbons (Fsp3) is 0.235. The monoisotopic (exact) mass is 402 g/mol. The van der Waals surface area contributed by atoms with Crippen LogP contribution in [0.3, 0.4) is 0 Å². The molecule has 1 aromatic heterocycles. The van der Waals surface area contributed by atoms with E-state index in [0.717, 1.165) is 6.08 Å². The van der Waals surface area contributed by atoms with Crippen molar-refractivity contribution in [3.63, 3.8) is 0 Å². The molecule has 6 nitrogen and oxygen atoms in total. The third-order valence-corrected chi connectivity index (χ3v) is 3.57. The predicted octanol–water partition coefficient (Wildman–Crippen LogP) is 3.16. The highest BCUT2D eigenvalue weighted by Gasteiger charge is 2.33. The second-order valence-electron chi connectivity index (χ2n) is 5.68. The lowest BCUT2D eigenvalue weighted by Gasteiger charge is -2.10. The quantitative estimate of drug-likeness (QED) is 0.629. The van der Waals surface area contributed by atoms with Crippen molar-refractivity contribution in [1.29, 1.82) is 0 Å². The van der Waals surface area contributed by atoms with Gasteiger partial charge in [-0.15, -0.1) is 0 Å². The Labute approximate surface area is 155 Å². The summed E-state index contributed by atoms with van der Waals surface area (Å²) >= 11 is 6.01. The maximum atomic E-state index is 12.7. The molecule has 1 N–H and O–H groups in total. The van der Waals surface area contributed by atoms with Crippen molar-refractivity contribution in [3.8, 4) is 5.69 Å². The average Bonchev–Trinajstić information content (AvgIpc) is 2.52. The van der Waals surface area contributed by atoms with Gasteiger partial charge in [0.15, 0.2) is 0 Å². The Morgan fingerprint density at radius 2 is 1.93 bits per heavy atom. The van der Waals surface area contributed by atoms with E-state index in [1.807, 2.05) is 0 Å². The summed E-state index contributed by atoms with van der Waals surface area (Å²) in [5, 5.41) is 0.198. The van der Waals surface area contributed by atoms with Crippen LogP contribution < -0.4 is 11.2 Å². The number of H-pyrrole nitrogens is 1. The van der Waals surface area contributed by atoms with Crippen LogP contribution in [0, 0.1) is 0 Å². The summed E-state index contributed by atoms with van der Waals surface area (Å²) in [6, 6.07) is 4.20. The smallest absolute Gasteiger partial charge is 0.431 e. The molecule has 0 unspecified atom stereocenters. The summed E-state index contributed by atoms with van der Waals surface area (Å²) in [5.41, 5.74) is -3.62. The molecule has 2 rings (SSSR count). The van der Waals surface area contributed by atoms with Crippen molar-refractivity contribution in [2.45, 2.75) is 26.1 Å². The number of hydrogen-bond donors (Lipinski definition) is 1. The topological polar surface area (TPSA) is 81.2 Å². The van der Waals surface area contributed by atoms with Gasteiger partial charge in [0.25, 0.3) is 5.56 Å². The van der Waals surface area contributed by atoms with Crippen molar-refractivity contribution < 1.29 is 22.7 Å². The first-order valence-corrected chi connectivity index (χ1v) is 7.99. The average molecular weight is 403 g/mol. The van der Waals surface area contributed by atoms with E-state index in [0.29, 0.717) is 4.57 Å². The molecule has 0 aliphatic carbocycles. The number of carbonyl (C=O) groups excluding carboxylic acids is 1. The molecular weight excluding hydrogens is 389 g/mol. The predicted molar refractivity (Wildman–Crippen MR) is 92.9 cm³/mol. The minimum atomic E-state index is -4.86. The molecule has 0 aliphatic heterocycles. The first-order valence-electron chi connectivity index (χ1n) is 7.61. The molecule has 1 aromatic carbocycles. The molecule has 2 aromatic rings. The number of aromatic nitrogens is 2. The minimum Gasteiger partial charge on any atom is -0.460 e. The molecule has 0 saturated heterocycles. The second-order valence-corrected chi connectivity index (χ2v) is 6.09. The lowest BCUT2D eigenvalue weighted by Crippen LogP contribution is -2.35. The Hall–Kier alpha value is -2.81. The van der Waals surface area contributed by atoms with E-state index in [1.165, 1.54) is 24.3 Å². The van der Waals surface area contributed by atoms with E-state index in [9.17, 15) is 27.6 Å². The number of ether oxygens (including phenoxy) is 1. The molecule has 144 valence electrons. The van der Waals surface area contributed by atoms with Gasteiger partial charge < -0.3 is 9.72 Å². The summed E-state index contributed by atoms with van der Waals surface area (Å²) < 4.78 is 43.5. The number of aromatic amines is 1. The molecular formula is C17H14ClF3N2O4. The Morgan fingerprint density at radius 1 is 1.26 bits per heavy atom. The van der Waals surface area contributed by atoms with Crippen molar-refractivity contribution in [1.82, 2.24) is 9.55 Å². The molecule has 1 heterocycles. The van der Waals surface area contributed by atoms with E-state index >= 15 is 0 Å². The van der Waals surface area contributed by atoms with Gasteiger partial charge in [-0.25, -0.2) is 14.2 Å².